The molecule has 0 heterocycles. The molecule has 1 rings (SSSR count). The predicted octanol–water partition coefficient (Wildman–Crippen LogP) is 2.91. The van der Waals surface area contributed by atoms with Crippen LogP contribution >= 0.6 is 23.2 Å². The lowest BCUT2D eigenvalue weighted by molar-refractivity contribution is -0.384. The molecule has 0 atom stereocenters. The van der Waals surface area contributed by atoms with Gasteiger partial charge >= 0.3 is 0 Å². The van der Waals surface area contributed by atoms with Crippen LogP contribution in [0.3, 0.4) is 0 Å². The molecule has 0 fully saturated rings. The van der Waals surface area contributed by atoms with Gasteiger partial charge in [0.2, 0.25) is 0 Å². The van der Waals surface area contributed by atoms with Crippen LogP contribution in [0.15, 0.2) is 12.1 Å². The first-order valence-electron chi connectivity index (χ1n) is 4.72. The zero-order valence-corrected chi connectivity index (χ0v) is 10.4. The highest BCUT2D eigenvalue weighted by Crippen LogP contribution is 2.34. The maximum atomic E-state index is 12.9. The Hall–Kier alpha value is -1.18. The Morgan fingerprint density at radius 1 is 1.39 bits per heavy atom. The summed E-state index contributed by atoms with van der Waals surface area (Å²) in [6, 6.07) is 2.11. The maximum Gasteiger partial charge on any atom is 0.293 e. The highest BCUT2D eigenvalue weighted by Gasteiger charge is 2.28. The average Bonchev–Trinajstić information content (AvgIpc) is 2.30. The van der Waals surface area contributed by atoms with E-state index in [4.69, 9.17) is 28.9 Å². The number of alkyl halides is 2. The molecule has 100 valence electrons. The smallest absolute Gasteiger partial charge is 0.293 e. The average molecular weight is 300 g/mol. The summed E-state index contributed by atoms with van der Waals surface area (Å²) in [6.07, 6.45) is 0. The fourth-order valence-electron chi connectivity index (χ4n) is 1.13. The Morgan fingerprint density at radius 3 is 2.44 bits per heavy atom. The molecule has 1 aromatic carbocycles. The molecule has 0 aromatic heterocycles. The molecule has 18 heavy (non-hydrogen) atoms. The van der Waals surface area contributed by atoms with E-state index in [1.165, 1.54) is 0 Å². The summed E-state index contributed by atoms with van der Waals surface area (Å²) >= 11 is 11.3. The van der Waals surface area contributed by atoms with Gasteiger partial charge in [-0.05, 0) is 6.07 Å². The van der Waals surface area contributed by atoms with Crippen LogP contribution in [0.25, 0.3) is 0 Å². The van der Waals surface area contributed by atoms with Crippen molar-refractivity contribution in [2.24, 2.45) is 5.73 Å². The topological polar surface area (TPSA) is 81.2 Å². The number of benzene rings is 1. The van der Waals surface area contributed by atoms with Crippen molar-refractivity contribution in [1.29, 1.82) is 0 Å². The lowest BCUT2D eigenvalue weighted by Gasteiger charge is -2.15. The van der Waals surface area contributed by atoms with Crippen molar-refractivity contribution in [1.82, 2.24) is 0 Å². The molecule has 5 nitrogen and oxygen atoms in total. The standard InChI is InChI=1S/C9H9Cl2F2N3O2/c10-5-1-7(15-4-9(12,13)3-14)8(16(17)18)2-6(5)11/h1-2,15H,3-4,14H2. The summed E-state index contributed by atoms with van der Waals surface area (Å²) in [7, 11) is 0. The van der Waals surface area contributed by atoms with Crippen LogP contribution in [-0.4, -0.2) is 23.9 Å². The zero-order chi connectivity index (χ0) is 13.9. The number of nitrogens with two attached hydrogens (primary N) is 1. The molecular weight excluding hydrogens is 291 g/mol. The second-order valence-corrected chi connectivity index (χ2v) is 4.27. The van der Waals surface area contributed by atoms with E-state index in [1.807, 2.05) is 0 Å². The molecule has 0 unspecified atom stereocenters. The maximum absolute atomic E-state index is 12.9. The molecule has 0 aliphatic rings. The van der Waals surface area contributed by atoms with Crippen LogP contribution in [0.5, 0.6) is 0 Å². The summed E-state index contributed by atoms with van der Waals surface area (Å²) in [4.78, 5) is 9.99. The Balaban J connectivity index is 3.01. The SMILES string of the molecule is NCC(F)(F)CNc1cc(Cl)c(Cl)cc1[N+](=O)[O-]. The molecule has 3 N–H and O–H groups in total. The van der Waals surface area contributed by atoms with Crippen molar-refractivity contribution >= 4 is 34.6 Å². The molecule has 0 saturated heterocycles. The van der Waals surface area contributed by atoms with Crippen molar-refractivity contribution in [2.45, 2.75) is 5.92 Å². The van der Waals surface area contributed by atoms with Gasteiger partial charge in [0.1, 0.15) is 5.69 Å². The van der Waals surface area contributed by atoms with E-state index in [0.717, 1.165) is 12.1 Å². The van der Waals surface area contributed by atoms with E-state index >= 15 is 0 Å². The van der Waals surface area contributed by atoms with E-state index in [9.17, 15) is 18.9 Å². The first-order valence-corrected chi connectivity index (χ1v) is 5.47. The van der Waals surface area contributed by atoms with E-state index in [-0.39, 0.29) is 15.7 Å². The first-order chi connectivity index (χ1) is 8.26. The Labute approximate surface area is 111 Å². The molecule has 0 bridgehead atoms. The Kier molecular flexibility index (Phi) is 4.66. The molecule has 0 saturated carbocycles. The minimum Gasteiger partial charge on any atom is -0.373 e. The summed E-state index contributed by atoms with van der Waals surface area (Å²) in [5.41, 5.74) is 4.28. The van der Waals surface area contributed by atoms with Crippen molar-refractivity contribution in [2.75, 3.05) is 18.4 Å². The molecular formula is C9H9Cl2F2N3O2. The minimum absolute atomic E-state index is 0.0282. The van der Waals surface area contributed by atoms with Crippen molar-refractivity contribution in [3.05, 3.63) is 32.3 Å². The lowest BCUT2D eigenvalue weighted by atomic mass is 10.2. The van der Waals surface area contributed by atoms with Gasteiger partial charge in [0.25, 0.3) is 11.6 Å². The second-order valence-electron chi connectivity index (χ2n) is 3.45. The largest absolute Gasteiger partial charge is 0.373 e. The molecule has 0 aliphatic heterocycles. The van der Waals surface area contributed by atoms with Gasteiger partial charge in [0.15, 0.2) is 0 Å². The van der Waals surface area contributed by atoms with Crippen LogP contribution in [0.1, 0.15) is 0 Å². The van der Waals surface area contributed by atoms with Gasteiger partial charge < -0.3 is 11.1 Å². The van der Waals surface area contributed by atoms with Gasteiger partial charge in [0.05, 0.1) is 28.1 Å². The van der Waals surface area contributed by atoms with E-state index < -0.39 is 29.6 Å². The van der Waals surface area contributed by atoms with Crippen molar-refractivity contribution < 1.29 is 13.7 Å². The Bertz CT molecular complexity index is 471. The summed E-state index contributed by atoms with van der Waals surface area (Å²) < 4.78 is 25.9. The molecule has 0 amide bonds. The summed E-state index contributed by atoms with van der Waals surface area (Å²) in [5, 5.41) is 13.0. The summed E-state index contributed by atoms with van der Waals surface area (Å²) in [6.45, 7) is -1.70. The van der Waals surface area contributed by atoms with Gasteiger partial charge in [-0.15, -0.1) is 0 Å². The van der Waals surface area contributed by atoms with Gasteiger partial charge in [-0.25, -0.2) is 8.78 Å². The van der Waals surface area contributed by atoms with Gasteiger partial charge in [-0.2, -0.15) is 0 Å². The van der Waals surface area contributed by atoms with E-state index in [0.29, 0.717) is 0 Å². The lowest BCUT2D eigenvalue weighted by Crippen LogP contribution is -2.35. The van der Waals surface area contributed by atoms with Gasteiger partial charge in [0, 0.05) is 6.07 Å². The third kappa shape index (κ3) is 3.66. The first kappa shape index (κ1) is 14.9. The van der Waals surface area contributed by atoms with Crippen LogP contribution in [-0.2, 0) is 0 Å². The normalized spacial score (nSPS) is 11.4. The molecule has 0 spiro atoms. The van der Waals surface area contributed by atoms with Crippen LogP contribution < -0.4 is 11.1 Å². The molecule has 1 aromatic rings. The van der Waals surface area contributed by atoms with Gasteiger partial charge in [-0.3, -0.25) is 10.1 Å². The fraction of sp³-hybridized carbons (Fsp3) is 0.333. The number of hydrogen-bond acceptors (Lipinski definition) is 4. The number of halogens is 4. The number of nitrogens with one attached hydrogen (secondary N) is 1. The highest BCUT2D eigenvalue weighted by atomic mass is 35.5. The highest BCUT2D eigenvalue weighted by molar-refractivity contribution is 6.42. The van der Waals surface area contributed by atoms with E-state index in [1.54, 1.807) is 0 Å². The van der Waals surface area contributed by atoms with Gasteiger partial charge in [-0.1, -0.05) is 23.2 Å². The van der Waals surface area contributed by atoms with Crippen LogP contribution in [0, 0.1) is 10.1 Å². The zero-order valence-electron chi connectivity index (χ0n) is 8.92. The number of anilines is 1. The number of nitro benzene ring substituents is 1. The molecule has 0 aliphatic carbocycles. The minimum atomic E-state index is -3.17. The van der Waals surface area contributed by atoms with Crippen molar-refractivity contribution in [3.8, 4) is 0 Å². The number of nitro groups is 1. The summed E-state index contributed by atoms with van der Waals surface area (Å²) in [5.74, 6) is -3.17. The fourth-order valence-corrected chi connectivity index (χ4v) is 1.45. The third-order valence-electron chi connectivity index (χ3n) is 2.07. The molecule has 0 radical (unpaired) electrons. The molecule has 9 heteroatoms. The second kappa shape index (κ2) is 5.64. The number of hydrogen-bond donors (Lipinski definition) is 2. The van der Waals surface area contributed by atoms with Crippen LogP contribution in [0.2, 0.25) is 10.0 Å². The predicted molar refractivity (Wildman–Crippen MR) is 65.6 cm³/mol. The van der Waals surface area contributed by atoms with Crippen molar-refractivity contribution in [3.63, 3.8) is 0 Å². The number of nitrogens with zero attached hydrogens (tertiary/aromatic N) is 1. The Morgan fingerprint density at radius 2 is 1.94 bits per heavy atom. The monoisotopic (exact) mass is 299 g/mol. The quantitative estimate of drug-likeness (QED) is 0.647. The van der Waals surface area contributed by atoms with E-state index in [2.05, 4.69) is 5.32 Å². The number of rotatable bonds is 5. The third-order valence-corrected chi connectivity index (χ3v) is 2.79. The van der Waals surface area contributed by atoms with Crippen LogP contribution in [0.4, 0.5) is 20.2 Å².